The van der Waals surface area contributed by atoms with E-state index in [-0.39, 0.29) is 16.7 Å². The Morgan fingerprint density at radius 3 is 2.58 bits per heavy atom. The predicted molar refractivity (Wildman–Crippen MR) is 95.4 cm³/mol. The van der Waals surface area contributed by atoms with Gasteiger partial charge in [-0.1, -0.05) is 26.3 Å². The third kappa shape index (κ3) is 2.07. The van der Waals surface area contributed by atoms with Gasteiger partial charge in [-0.2, -0.15) is 0 Å². The molecule has 0 radical (unpaired) electrons. The Bertz CT molecular complexity index is 617. The molecule has 4 aliphatic carbocycles. The summed E-state index contributed by atoms with van der Waals surface area (Å²) < 4.78 is 0. The normalized spacial score (nSPS) is 50.6. The zero-order valence-corrected chi connectivity index (χ0v) is 15.7. The minimum atomic E-state index is 0.228. The fourth-order valence-electron chi connectivity index (χ4n) is 7.65. The quantitative estimate of drug-likeness (QED) is 0.681. The Labute approximate surface area is 146 Å². The van der Waals surface area contributed by atoms with E-state index in [1.807, 2.05) is 13.0 Å². The highest BCUT2D eigenvalue weighted by atomic mass is 16.1. The number of carbonyl (C=O) groups excluding carboxylic acids is 2. The van der Waals surface area contributed by atoms with Gasteiger partial charge in [0.05, 0.1) is 0 Å². The van der Waals surface area contributed by atoms with E-state index in [9.17, 15) is 9.59 Å². The minimum absolute atomic E-state index is 0.228. The molecule has 0 aromatic heterocycles. The molecule has 0 N–H and O–H groups in total. The zero-order valence-electron chi connectivity index (χ0n) is 15.7. The maximum absolute atomic E-state index is 12.2. The molecular formula is C22H32O2. The van der Waals surface area contributed by atoms with Crippen LogP contribution in [0.3, 0.4) is 0 Å². The van der Waals surface area contributed by atoms with E-state index >= 15 is 0 Å². The zero-order chi connectivity index (χ0) is 17.3. The minimum Gasteiger partial charge on any atom is -0.300 e. The van der Waals surface area contributed by atoms with Gasteiger partial charge in [0, 0.05) is 12.3 Å². The number of hydrogen-bond acceptors (Lipinski definition) is 2. The first-order valence-corrected chi connectivity index (χ1v) is 10.0. The smallest absolute Gasteiger partial charge is 0.155 e. The molecule has 0 aromatic carbocycles. The van der Waals surface area contributed by atoms with Crippen LogP contribution in [0.25, 0.3) is 0 Å². The van der Waals surface area contributed by atoms with E-state index in [1.165, 1.54) is 31.3 Å². The first-order valence-electron chi connectivity index (χ1n) is 10.0. The maximum atomic E-state index is 12.2. The summed E-state index contributed by atoms with van der Waals surface area (Å²) in [6.45, 7) is 9.00. The molecule has 3 saturated carbocycles. The van der Waals surface area contributed by atoms with Crippen molar-refractivity contribution in [3.8, 4) is 0 Å². The van der Waals surface area contributed by atoms with Crippen molar-refractivity contribution in [3.63, 3.8) is 0 Å². The molecule has 0 amide bonds. The molecule has 2 heteroatoms. The summed E-state index contributed by atoms with van der Waals surface area (Å²) in [5, 5.41) is 0. The van der Waals surface area contributed by atoms with Crippen LogP contribution in [-0.2, 0) is 9.59 Å². The third-order valence-corrected chi connectivity index (χ3v) is 8.77. The third-order valence-electron chi connectivity index (χ3n) is 8.77. The highest BCUT2D eigenvalue weighted by molar-refractivity contribution is 5.91. The molecule has 4 unspecified atom stereocenters. The molecule has 2 nitrogen and oxygen atoms in total. The summed E-state index contributed by atoms with van der Waals surface area (Å²) in [6.07, 6.45) is 9.80. The van der Waals surface area contributed by atoms with Gasteiger partial charge in [-0.15, -0.1) is 0 Å². The molecule has 3 fully saturated rings. The Kier molecular flexibility index (Phi) is 3.64. The number of rotatable bonds is 1. The first-order chi connectivity index (χ1) is 11.3. The molecule has 0 heterocycles. The van der Waals surface area contributed by atoms with Crippen LogP contribution in [0.15, 0.2) is 11.6 Å². The maximum Gasteiger partial charge on any atom is 0.155 e. The lowest BCUT2D eigenvalue weighted by Gasteiger charge is -2.59. The van der Waals surface area contributed by atoms with Gasteiger partial charge in [0.15, 0.2) is 5.78 Å². The first kappa shape index (κ1) is 16.5. The number of Topliss-reactive ketones (excluding diaryl/α,β-unsaturated/α-hetero) is 1. The predicted octanol–water partition coefficient (Wildman–Crippen LogP) is 4.97. The number of carbonyl (C=O) groups is 2. The van der Waals surface area contributed by atoms with Crippen LogP contribution in [0.4, 0.5) is 0 Å². The summed E-state index contributed by atoms with van der Waals surface area (Å²) in [7, 11) is 0. The van der Waals surface area contributed by atoms with Gasteiger partial charge in [0.1, 0.15) is 5.78 Å². The summed E-state index contributed by atoms with van der Waals surface area (Å²) in [5.74, 6) is 3.75. The van der Waals surface area contributed by atoms with Gasteiger partial charge in [-0.3, -0.25) is 9.59 Å². The molecule has 4 rings (SSSR count). The van der Waals surface area contributed by atoms with Crippen molar-refractivity contribution in [3.05, 3.63) is 11.6 Å². The van der Waals surface area contributed by atoms with E-state index < -0.39 is 0 Å². The van der Waals surface area contributed by atoms with E-state index in [1.54, 1.807) is 0 Å². The van der Waals surface area contributed by atoms with Crippen LogP contribution in [0, 0.1) is 40.4 Å². The number of hydrogen-bond donors (Lipinski definition) is 0. The van der Waals surface area contributed by atoms with Crippen LogP contribution in [0.5, 0.6) is 0 Å². The van der Waals surface area contributed by atoms with E-state index in [2.05, 4.69) is 20.8 Å². The average Bonchev–Trinajstić information content (AvgIpc) is 2.87. The molecule has 4 aliphatic rings. The lowest BCUT2D eigenvalue weighted by molar-refractivity contribution is -0.129. The van der Waals surface area contributed by atoms with E-state index in [0.717, 1.165) is 31.1 Å². The van der Waals surface area contributed by atoms with Gasteiger partial charge < -0.3 is 0 Å². The van der Waals surface area contributed by atoms with Crippen LogP contribution in [0.2, 0.25) is 0 Å². The van der Waals surface area contributed by atoms with Gasteiger partial charge in [0.2, 0.25) is 0 Å². The molecular weight excluding hydrogens is 296 g/mol. The van der Waals surface area contributed by atoms with Crippen molar-refractivity contribution in [2.75, 3.05) is 0 Å². The second-order valence-corrected chi connectivity index (χ2v) is 9.78. The van der Waals surface area contributed by atoms with Gasteiger partial charge in [-0.25, -0.2) is 0 Å². The van der Waals surface area contributed by atoms with Gasteiger partial charge in [-0.05, 0) is 86.0 Å². The lowest BCUT2D eigenvalue weighted by Crippen LogP contribution is -2.52. The molecule has 132 valence electrons. The van der Waals surface area contributed by atoms with Crippen molar-refractivity contribution in [2.24, 2.45) is 40.4 Å². The topological polar surface area (TPSA) is 34.1 Å². The Hall–Kier alpha value is -0.920. The second-order valence-electron chi connectivity index (χ2n) is 9.78. The molecule has 0 aromatic rings. The Balaban J connectivity index is 1.71. The fraction of sp³-hybridized carbons (Fsp3) is 0.818. The van der Waals surface area contributed by atoms with Crippen molar-refractivity contribution >= 4 is 11.6 Å². The molecule has 7 atom stereocenters. The summed E-state index contributed by atoms with van der Waals surface area (Å²) in [4.78, 5) is 24.2. The monoisotopic (exact) mass is 328 g/mol. The number of fused-ring (bicyclic) bond motifs is 5. The summed E-state index contributed by atoms with van der Waals surface area (Å²) in [5.41, 5.74) is 1.91. The largest absolute Gasteiger partial charge is 0.300 e. The highest BCUT2D eigenvalue weighted by Crippen LogP contribution is 2.67. The SMILES string of the molecule is CC(=O)C1CCC2C3C[C@H](C)C4=CC(=O)CC[C@]4(C)[C@H]3CCC12C. The second kappa shape index (κ2) is 5.29. The Morgan fingerprint density at radius 1 is 1.12 bits per heavy atom. The summed E-state index contributed by atoms with van der Waals surface area (Å²) >= 11 is 0. The van der Waals surface area contributed by atoms with Crippen LogP contribution < -0.4 is 0 Å². The molecule has 0 saturated heterocycles. The standard InChI is InChI=1S/C22H32O2/c1-13-11-16-18-6-5-17(14(2)23)21(18,3)10-8-19(16)22(4)9-7-15(24)12-20(13)22/h12-13,16-19H,5-11H2,1-4H3/t13-,16?,17?,18?,19-,21?,22+/m0/s1. The van der Waals surface area contributed by atoms with Crippen molar-refractivity contribution in [1.82, 2.24) is 0 Å². The molecule has 0 spiro atoms. The van der Waals surface area contributed by atoms with Crippen molar-refractivity contribution < 1.29 is 9.59 Å². The van der Waals surface area contributed by atoms with Gasteiger partial charge >= 0.3 is 0 Å². The average molecular weight is 328 g/mol. The van der Waals surface area contributed by atoms with Crippen molar-refractivity contribution in [2.45, 2.75) is 72.6 Å². The molecule has 0 bridgehead atoms. The number of ketones is 2. The van der Waals surface area contributed by atoms with E-state index in [4.69, 9.17) is 0 Å². The van der Waals surface area contributed by atoms with Gasteiger partial charge in [0.25, 0.3) is 0 Å². The fourth-order valence-corrected chi connectivity index (χ4v) is 7.65. The van der Waals surface area contributed by atoms with Crippen molar-refractivity contribution in [1.29, 1.82) is 0 Å². The van der Waals surface area contributed by atoms with Crippen LogP contribution in [-0.4, -0.2) is 11.6 Å². The Morgan fingerprint density at radius 2 is 1.88 bits per heavy atom. The molecule has 0 aliphatic heterocycles. The number of allylic oxidation sites excluding steroid dienone is 1. The molecule has 24 heavy (non-hydrogen) atoms. The summed E-state index contributed by atoms with van der Waals surface area (Å²) in [6, 6.07) is 0. The highest BCUT2D eigenvalue weighted by Gasteiger charge is 2.60. The lowest BCUT2D eigenvalue weighted by atomic mass is 9.45. The van der Waals surface area contributed by atoms with E-state index in [0.29, 0.717) is 23.4 Å². The van der Waals surface area contributed by atoms with Crippen LogP contribution in [0.1, 0.15) is 72.6 Å². The van der Waals surface area contributed by atoms with Crippen LogP contribution >= 0.6 is 0 Å².